The Morgan fingerprint density at radius 2 is 1.92 bits per heavy atom. The van der Waals surface area contributed by atoms with E-state index < -0.39 is 10.2 Å². The van der Waals surface area contributed by atoms with Crippen LogP contribution in [-0.4, -0.2) is 66.8 Å². The zero-order valence-corrected chi connectivity index (χ0v) is 20.9. The summed E-state index contributed by atoms with van der Waals surface area (Å²) >= 11 is 0. The quantitative estimate of drug-likeness (QED) is 0.366. The van der Waals surface area contributed by atoms with Gasteiger partial charge in [-0.25, -0.2) is 9.50 Å². The molecule has 36 heavy (non-hydrogen) atoms. The van der Waals surface area contributed by atoms with Crippen molar-refractivity contribution in [2.75, 3.05) is 25.9 Å². The smallest absolute Gasteiger partial charge is 0.244 e. The third kappa shape index (κ3) is 4.67. The SMILES string of the molecule is C[S+](=O)(O)c1cccc(-c2cnn3cc(-c4ccc(OC5(CN6CCC(O)C6)CC5)cc4)cnc23)c1. The lowest BCUT2D eigenvalue weighted by molar-refractivity contribution is 0.113. The van der Waals surface area contributed by atoms with E-state index in [-0.39, 0.29) is 11.7 Å². The van der Waals surface area contributed by atoms with Crippen LogP contribution < -0.4 is 4.74 Å². The van der Waals surface area contributed by atoms with E-state index in [1.54, 1.807) is 28.9 Å². The number of hydrogen-bond acceptors (Lipinski definition) is 6. The van der Waals surface area contributed by atoms with Crippen LogP contribution in [0.1, 0.15) is 19.3 Å². The van der Waals surface area contributed by atoms with Crippen molar-refractivity contribution in [2.45, 2.75) is 35.9 Å². The van der Waals surface area contributed by atoms with Gasteiger partial charge in [-0.1, -0.05) is 28.5 Å². The molecule has 3 heterocycles. The van der Waals surface area contributed by atoms with Crippen molar-refractivity contribution in [1.29, 1.82) is 0 Å². The molecule has 1 saturated heterocycles. The van der Waals surface area contributed by atoms with Gasteiger partial charge in [-0.05, 0) is 48.6 Å². The van der Waals surface area contributed by atoms with Crippen LogP contribution in [0, 0.1) is 0 Å². The van der Waals surface area contributed by atoms with Crippen LogP contribution in [0.2, 0.25) is 0 Å². The maximum Gasteiger partial charge on any atom is 0.244 e. The van der Waals surface area contributed by atoms with Crippen LogP contribution >= 0.6 is 0 Å². The van der Waals surface area contributed by atoms with Crippen molar-refractivity contribution >= 4 is 15.9 Å². The van der Waals surface area contributed by atoms with E-state index in [1.165, 1.54) is 6.26 Å². The Morgan fingerprint density at radius 1 is 1.11 bits per heavy atom. The third-order valence-electron chi connectivity index (χ3n) is 7.03. The highest BCUT2D eigenvalue weighted by Crippen LogP contribution is 2.42. The van der Waals surface area contributed by atoms with Gasteiger partial charge in [0.2, 0.25) is 10.2 Å². The fraction of sp³-hybridized carbons (Fsp3) is 0.333. The number of hydrogen-bond donors (Lipinski definition) is 2. The number of likely N-dealkylation sites (tertiary alicyclic amines) is 1. The number of ether oxygens (including phenoxy) is 1. The van der Waals surface area contributed by atoms with Gasteiger partial charge in [-0.15, -0.1) is 0 Å². The number of benzene rings is 2. The summed E-state index contributed by atoms with van der Waals surface area (Å²) in [4.78, 5) is 7.33. The van der Waals surface area contributed by atoms with Crippen LogP contribution in [0.15, 0.2) is 72.0 Å². The van der Waals surface area contributed by atoms with Crippen LogP contribution in [-0.2, 0) is 14.4 Å². The average molecular weight is 506 g/mol. The van der Waals surface area contributed by atoms with E-state index in [9.17, 15) is 13.9 Å². The summed E-state index contributed by atoms with van der Waals surface area (Å²) in [5, 5.41) is 14.3. The predicted octanol–water partition coefficient (Wildman–Crippen LogP) is 4.00. The van der Waals surface area contributed by atoms with Crippen molar-refractivity contribution in [2.24, 2.45) is 0 Å². The summed E-state index contributed by atoms with van der Waals surface area (Å²) in [6.45, 7) is 2.53. The first kappa shape index (κ1) is 23.3. The molecule has 2 unspecified atom stereocenters. The maximum atomic E-state index is 12.1. The summed E-state index contributed by atoms with van der Waals surface area (Å²) in [6, 6.07) is 15.1. The highest BCUT2D eigenvalue weighted by atomic mass is 32.3. The molecule has 8 nitrogen and oxygen atoms in total. The fourth-order valence-corrected chi connectivity index (χ4v) is 5.56. The molecule has 2 aliphatic rings. The molecule has 0 amide bonds. The summed E-state index contributed by atoms with van der Waals surface area (Å²) in [7, 11) is -3.05. The van der Waals surface area contributed by atoms with Crippen molar-refractivity contribution in [1.82, 2.24) is 19.5 Å². The monoisotopic (exact) mass is 505 g/mol. The van der Waals surface area contributed by atoms with Gasteiger partial charge in [0.05, 0.1) is 12.3 Å². The Kier molecular flexibility index (Phi) is 5.68. The van der Waals surface area contributed by atoms with Crippen molar-refractivity contribution in [3.8, 4) is 28.0 Å². The summed E-state index contributed by atoms with van der Waals surface area (Å²) in [6.07, 6.45) is 9.50. The Labute approximate surface area is 210 Å². The second-order valence-electron chi connectivity index (χ2n) is 9.99. The number of rotatable bonds is 7. The first-order valence-corrected chi connectivity index (χ1v) is 14.1. The van der Waals surface area contributed by atoms with Gasteiger partial charge in [-0.2, -0.15) is 9.65 Å². The molecule has 186 valence electrons. The summed E-state index contributed by atoms with van der Waals surface area (Å²) in [5.74, 6) is 0.850. The lowest BCUT2D eigenvalue weighted by Crippen LogP contribution is -2.36. The third-order valence-corrected chi connectivity index (χ3v) is 8.16. The van der Waals surface area contributed by atoms with Gasteiger partial charge in [0.15, 0.2) is 10.5 Å². The summed E-state index contributed by atoms with van der Waals surface area (Å²) < 4.78 is 30.1. The summed E-state index contributed by atoms with van der Waals surface area (Å²) in [5.41, 5.74) is 4.09. The number of fused-ring (bicyclic) bond motifs is 1. The fourth-order valence-electron chi connectivity index (χ4n) is 4.89. The Balaban J connectivity index is 1.19. The molecule has 1 aliphatic carbocycles. The highest BCUT2D eigenvalue weighted by Gasteiger charge is 2.47. The van der Waals surface area contributed by atoms with E-state index in [2.05, 4.69) is 15.0 Å². The van der Waals surface area contributed by atoms with Gasteiger partial charge in [0, 0.05) is 49.2 Å². The Hall–Kier alpha value is -3.11. The van der Waals surface area contributed by atoms with Crippen LogP contribution in [0.4, 0.5) is 0 Å². The first-order valence-electron chi connectivity index (χ1n) is 12.1. The van der Waals surface area contributed by atoms with E-state index in [4.69, 9.17) is 4.74 Å². The maximum absolute atomic E-state index is 12.1. The van der Waals surface area contributed by atoms with Crippen molar-refractivity contribution < 1.29 is 18.6 Å². The Morgan fingerprint density at radius 3 is 2.61 bits per heavy atom. The minimum absolute atomic E-state index is 0.129. The molecule has 0 radical (unpaired) electrons. The van der Waals surface area contributed by atoms with Crippen LogP contribution in [0.3, 0.4) is 0 Å². The standard InChI is InChI=1S/C27H28N4O4S/c1-36(33,34)24-4-2-3-20(13-24)25-15-29-31-16-21(14-28-26(25)31)19-5-7-23(8-6-19)35-27(10-11-27)18-30-12-9-22(32)17-30/h2-8,13-16,22,32H,9-12,17-18H2,1H3/p+1. The van der Waals surface area contributed by atoms with Gasteiger partial charge in [0.1, 0.15) is 17.6 Å². The van der Waals surface area contributed by atoms with E-state index >= 15 is 0 Å². The molecule has 2 fully saturated rings. The minimum atomic E-state index is -3.05. The lowest BCUT2D eigenvalue weighted by Gasteiger charge is -2.24. The molecule has 0 spiro atoms. The second kappa shape index (κ2) is 8.77. The number of aliphatic hydroxyl groups is 1. The molecule has 1 saturated carbocycles. The molecule has 2 aromatic heterocycles. The Bertz CT molecular complexity index is 1460. The van der Waals surface area contributed by atoms with E-state index in [1.807, 2.05) is 42.7 Å². The predicted molar refractivity (Wildman–Crippen MR) is 138 cm³/mol. The first-order chi connectivity index (χ1) is 17.3. The molecule has 0 bridgehead atoms. The van der Waals surface area contributed by atoms with Gasteiger partial charge >= 0.3 is 0 Å². The van der Waals surface area contributed by atoms with Gasteiger partial charge in [0.25, 0.3) is 0 Å². The van der Waals surface area contributed by atoms with Crippen molar-refractivity contribution in [3.63, 3.8) is 0 Å². The van der Waals surface area contributed by atoms with E-state index in [0.717, 1.165) is 66.9 Å². The topological polar surface area (TPSA) is 100 Å². The van der Waals surface area contributed by atoms with Crippen LogP contribution in [0.5, 0.6) is 5.75 Å². The molecule has 6 rings (SSSR count). The largest absolute Gasteiger partial charge is 0.486 e. The number of nitrogens with zero attached hydrogens (tertiary/aromatic N) is 4. The zero-order valence-electron chi connectivity index (χ0n) is 20.1. The molecule has 4 aromatic rings. The minimum Gasteiger partial charge on any atom is -0.486 e. The highest BCUT2D eigenvalue weighted by molar-refractivity contribution is 7.97. The number of aromatic nitrogens is 3. The van der Waals surface area contributed by atoms with E-state index in [0.29, 0.717) is 10.5 Å². The molecule has 2 N–H and O–H groups in total. The number of aliphatic hydroxyl groups excluding tert-OH is 1. The number of β-amino-alcohol motifs (C(OH)–C–C–N with tert-alkyl or cyclic N) is 1. The van der Waals surface area contributed by atoms with Gasteiger partial charge < -0.3 is 9.84 Å². The molecule has 2 aromatic carbocycles. The zero-order chi connectivity index (χ0) is 24.9. The molecule has 2 atom stereocenters. The van der Waals surface area contributed by atoms with Crippen LogP contribution in [0.25, 0.3) is 27.9 Å². The lowest BCUT2D eigenvalue weighted by atomic mass is 10.1. The van der Waals surface area contributed by atoms with Gasteiger partial charge in [-0.3, -0.25) is 4.90 Å². The molecule has 1 aliphatic heterocycles. The second-order valence-corrected chi connectivity index (χ2v) is 12.1. The molecular weight excluding hydrogens is 476 g/mol. The molecule has 9 heteroatoms. The normalized spacial score (nSPS) is 20.9. The molecular formula is C27H29N4O4S+. The van der Waals surface area contributed by atoms with Crippen molar-refractivity contribution in [3.05, 3.63) is 67.1 Å². The average Bonchev–Trinajstić information content (AvgIpc) is 3.27.